The minimum absolute atomic E-state index is 0.0280. The van der Waals surface area contributed by atoms with Crippen molar-refractivity contribution in [2.75, 3.05) is 0 Å². The first kappa shape index (κ1) is 10.2. The van der Waals surface area contributed by atoms with E-state index in [0.717, 1.165) is 25.7 Å². The Balaban J connectivity index is 1.69. The summed E-state index contributed by atoms with van der Waals surface area (Å²) < 4.78 is 5.16. The van der Waals surface area contributed by atoms with Gasteiger partial charge in [0.15, 0.2) is 0 Å². The molecule has 2 rings (SSSR count). The van der Waals surface area contributed by atoms with E-state index in [1.54, 1.807) is 0 Å². The van der Waals surface area contributed by atoms with Crippen molar-refractivity contribution in [2.24, 2.45) is 0 Å². The number of esters is 1. The van der Waals surface area contributed by atoms with E-state index >= 15 is 0 Å². The van der Waals surface area contributed by atoms with Crippen LogP contribution in [0.15, 0.2) is 30.3 Å². The Kier molecular flexibility index (Phi) is 3.38. The number of carbonyl (C=O) groups is 1. The first-order valence-corrected chi connectivity index (χ1v) is 5.58. The van der Waals surface area contributed by atoms with Crippen molar-refractivity contribution in [1.82, 2.24) is 0 Å². The molecule has 1 aromatic rings. The fourth-order valence-corrected chi connectivity index (χ4v) is 1.96. The monoisotopic (exact) mass is 204 g/mol. The van der Waals surface area contributed by atoms with Crippen molar-refractivity contribution >= 4 is 5.97 Å². The number of rotatable bonds is 4. The summed E-state index contributed by atoms with van der Waals surface area (Å²) >= 11 is 0. The van der Waals surface area contributed by atoms with E-state index in [4.69, 9.17) is 4.74 Å². The highest BCUT2D eigenvalue weighted by Gasteiger charge is 2.22. The molecular weight excluding hydrogens is 188 g/mol. The van der Waals surface area contributed by atoms with Crippen molar-refractivity contribution in [1.29, 1.82) is 0 Å². The normalized spacial score (nSPS) is 20.3. The highest BCUT2D eigenvalue weighted by atomic mass is 16.5. The molecule has 1 aliphatic heterocycles. The fraction of sp³-hybridized carbons (Fsp3) is 0.462. The molecule has 0 bridgehead atoms. The molecule has 15 heavy (non-hydrogen) atoms. The van der Waals surface area contributed by atoms with Gasteiger partial charge in [0.1, 0.15) is 6.10 Å². The largest absolute Gasteiger partial charge is 0.462 e. The zero-order valence-corrected chi connectivity index (χ0v) is 8.82. The van der Waals surface area contributed by atoms with Crippen molar-refractivity contribution in [3.63, 3.8) is 0 Å². The Labute approximate surface area is 90.3 Å². The molecule has 1 atom stereocenters. The van der Waals surface area contributed by atoms with Gasteiger partial charge in [-0.1, -0.05) is 30.3 Å². The van der Waals surface area contributed by atoms with Gasteiger partial charge < -0.3 is 4.74 Å². The number of hydrogen-bond acceptors (Lipinski definition) is 2. The molecule has 0 N–H and O–H groups in total. The third-order valence-corrected chi connectivity index (χ3v) is 2.80. The second kappa shape index (κ2) is 4.96. The third-order valence-electron chi connectivity index (χ3n) is 2.80. The molecule has 1 aliphatic rings. The maximum Gasteiger partial charge on any atom is 0.306 e. The SMILES string of the molecule is O=C1CC[C@@H](CCCc2ccccc2)O1. The second-order valence-electron chi connectivity index (χ2n) is 4.03. The third kappa shape index (κ3) is 3.08. The summed E-state index contributed by atoms with van der Waals surface area (Å²) in [6, 6.07) is 10.4. The minimum atomic E-state index is -0.0280. The van der Waals surface area contributed by atoms with Gasteiger partial charge in [-0.2, -0.15) is 0 Å². The molecule has 2 nitrogen and oxygen atoms in total. The highest BCUT2D eigenvalue weighted by molar-refractivity contribution is 5.71. The van der Waals surface area contributed by atoms with Gasteiger partial charge in [0.2, 0.25) is 0 Å². The predicted octanol–water partition coefficient (Wildman–Crippen LogP) is 2.71. The number of ether oxygens (including phenoxy) is 1. The first-order valence-electron chi connectivity index (χ1n) is 5.58. The Morgan fingerprint density at radius 3 is 2.73 bits per heavy atom. The maximum absolute atomic E-state index is 10.9. The van der Waals surface area contributed by atoms with E-state index < -0.39 is 0 Å². The van der Waals surface area contributed by atoms with Crippen LogP contribution in [0.5, 0.6) is 0 Å². The van der Waals surface area contributed by atoms with E-state index in [9.17, 15) is 4.79 Å². The van der Waals surface area contributed by atoms with E-state index in [2.05, 4.69) is 24.3 Å². The van der Waals surface area contributed by atoms with E-state index in [1.165, 1.54) is 5.56 Å². The molecule has 1 fully saturated rings. The molecule has 0 radical (unpaired) electrons. The Bertz CT molecular complexity index is 319. The molecule has 1 heterocycles. The van der Waals surface area contributed by atoms with Crippen molar-refractivity contribution in [2.45, 2.75) is 38.2 Å². The number of carbonyl (C=O) groups excluding carboxylic acids is 1. The van der Waals surface area contributed by atoms with Gasteiger partial charge in [0.25, 0.3) is 0 Å². The van der Waals surface area contributed by atoms with Gasteiger partial charge in [-0.25, -0.2) is 0 Å². The highest BCUT2D eigenvalue weighted by Crippen LogP contribution is 2.19. The number of cyclic esters (lactones) is 1. The van der Waals surface area contributed by atoms with Crippen molar-refractivity contribution < 1.29 is 9.53 Å². The first-order chi connectivity index (χ1) is 7.34. The lowest BCUT2D eigenvalue weighted by molar-refractivity contribution is -0.141. The van der Waals surface area contributed by atoms with E-state index in [0.29, 0.717) is 6.42 Å². The van der Waals surface area contributed by atoms with Crippen LogP contribution in [0, 0.1) is 0 Å². The summed E-state index contributed by atoms with van der Waals surface area (Å²) in [5, 5.41) is 0. The average Bonchev–Trinajstić information content (AvgIpc) is 2.66. The quantitative estimate of drug-likeness (QED) is 0.705. The van der Waals surface area contributed by atoms with Crippen LogP contribution in [0.1, 0.15) is 31.2 Å². The van der Waals surface area contributed by atoms with Crippen LogP contribution in [0.2, 0.25) is 0 Å². The van der Waals surface area contributed by atoms with Crippen LogP contribution < -0.4 is 0 Å². The van der Waals surface area contributed by atoms with Crippen LogP contribution in [0.25, 0.3) is 0 Å². The fourth-order valence-electron chi connectivity index (χ4n) is 1.96. The molecule has 1 saturated heterocycles. The van der Waals surface area contributed by atoms with Gasteiger partial charge >= 0.3 is 5.97 Å². The summed E-state index contributed by atoms with van der Waals surface area (Å²) in [5.74, 6) is -0.0280. The zero-order chi connectivity index (χ0) is 10.5. The summed E-state index contributed by atoms with van der Waals surface area (Å²) in [4.78, 5) is 10.9. The molecule has 80 valence electrons. The summed E-state index contributed by atoms with van der Waals surface area (Å²) in [6.07, 6.45) is 4.88. The number of hydrogen-bond donors (Lipinski definition) is 0. The summed E-state index contributed by atoms with van der Waals surface area (Å²) in [6.45, 7) is 0. The van der Waals surface area contributed by atoms with Crippen LogP contribution in [-0.2, 0) is 16.0 Å². The van der Waals surface area contributed by atoms with E-state index in [-0.39, 0.29) is 12.1 Å². The van der Waals surface area contributed by atoms with Crippen LogP contribution in [-0.4, -0.2) is 12.1 Å². The molecule has 2 heteroatoms. The lowest BCUT2D eigenvalue weighted by atomic mass is 10.0. The smallest absolute Gasteiger partial charge is 0.306 e. The lowest BCUT2D eigenvalue weighted by Crippen LogP contribution is -2.06. The maximum atomic E-state index is 10.9. The van der Waals surface area contributed by atoms with Gasteiger partial charge in [-0.3, -0.25) is 4.79 Å². The molecule has 0 spiro atoms. The predicted molar refractivity (Wildman–Crippen MR) is 58.5 cm³/mol. The molecule has 0 aromatic heterocycles. The molecule has 0 aliphatic carbocycles. The molecule has 1 aromatic carbocycles. The standard InChI is InChI=1S/C13H16O2/c14-13-10-9-12(15-13)8-4-7-11-5-2-1-3-6-11/h1-3,5-6,12H,4,7-10H2/t12-/m1/s1. The Morgan fingerprint density at radius 1 is 1.27 bits per heavy atom. The van der Waals surface area contributed by atoms with Crippen molar-refractivity contribution in [3.05, 3.63) is 35.9 Å². The van der Waals surface area contributed by atoms with Crippen LogP contribution in [0.3, 0.4) is 0 Å². The van der Waals surface area contributed by atoms with Crippen LogP contribution >= 0.6 is 0 Å². The topological polar surface area (TPSA) is 26.3 Å². The zero-order valence-electron chi connectivity index (χ0n) is 8.82. The van der Waals surface area contributed by atoms with Crippen LogP contribution in [0.4, 0.5) is 0 Å². The van der Waals surface area contributed by atoms with Gasteiger partial charge in [-0.15, -0.1) is 0 Å². The van der Waals surface area contributed by atoms with Gasteiger partial charge in [-0.05, 0) is 31.2 Å². The van der Waals surface area contributed by atoms with E-state index in [1.807, 2.05) is 6.07 Å². The van der Waals surface area contributed by atoms with Gasteiger partial charge in [0.05, 0.1) is 0 Å². The summed E-state index contributed by atoms with van der Waals surface area (Å²) in [5.41, 5.74) is 1.36. The molecular formula is C13H16O2. The molecule has 0 saturated carbocycles. The van der Waals surface area contributed by atoms with Gasteiger partial charge in [0, 0.05) is 6.42 Å². The Morgan fingerprint density at radius 2 is 2.07 bits per heavy atom. The average molecular weight is 204 g/mol. The number of benzene rings is 1. The second-order valence-corrected chi connectivity index (χ2v) is 4.03. The Hall–Kier alpha value is -1.31. The van der Waals surface area contributed by atoms with Crippen molar-refractivity contribution in [3.8, 4) is 0 Å². The lowest BCUT2D eigenvalue weighted by Gasteiger charge is -2.08. The number of aryl methyl sites for hydroxylation is 1. The summed E-state index contributed by atoms with van der Waals surface area (Å²) in [7, 11) is 0. The molecule has 0 amide bonds. The minimum Gasteiger partial charge on any atom is -0.462 e. The molecule has 0 unspecified atom stereocenters.